The fourth-order valence-corrected chi connectivity index (χ4v) is 8.21. The van der Waals surface area contributed by atoms with Gasteiger partial charge < -0.3 is 0 Å². The Morgan fingerprint density at radius 3 is 1.70 bits per heavy atom. The van der Waals surface area contributed by atoms with Crippen molar-refractivity contribution < 1.29 is 8.78 Å². The van der Waals surface area contributed by atoms with E-state index in [1.165, 1.54) is 24.3 Å². The smallest absolute Gasteiger partial charge is 0.278 e. The standard InChI is InChI=1S/C18H16FN3O.C17H16ClN3O.C17H14FN3O/c1-11-9-13(19)6-7-14(11)16-18(23)22(10-12-4-5-12)17-15(21-16)3-2-8-20-17;1-2-3-11-21-16-14(5-4-10-19-16)20-15(17(21)22)12-6-8-13(18)9-7-12;18-12-8-6-11(7-9-12)15-17(22)21(13-3-1-4-13)16-14(20-15)5-2-10-19-16/h2-3,6-9,12H,4-5,10H2,1H3;4-10H,2-3,11H2,1H3;2,5-10,13H,1,3-4H2. The summed E-state index contributed by atoms with van der Waals surface area (Å²) in [5.74, 6) is -0.0972. The van der Waals surface area contributed by atoms with Gasteiger partial charge in [-0.25, -0.2) is 38.7 Å². The van der Waals surface area contributed by atoms with Crippen LogP contribution < -0.4 is 16.7 Å². The molecule has 0 amide bonds. The van der Waals surface area contributed by atoms with Crippen LogP contribution in [0.25, 0.3) is 67.3 Å². The van der Waals surface area contributed by atoms with Crippen LogP contribution in [-0.2, 0) is 13.1 Å². The van der Waals surface area contributed by atoms with Crippen molar-refractivity contribution in [3.63, 3.8) is 0 Å². The Kier molecular flexibility index (Phi) is 13.2. The third kappa shape index (κ3) is 9.66. The van der Waals surface area contributed by atoms with Gasteiger partial charge in [0.15, 0.2) is 16.9 Å². The van der Waals surface area contributed by atoms with Crippen molar-refractivity contribution in [1.29, 1.82) is 0 Å². The Balaban J connectivity index is 0.000000126. The first-order valence-corrected chi connectivity index (χ1v) is 22.8. The molecule has 12 nitrogen and oxygen atoms in total. The van der Waals surface area contributed by atoms with Crippen molar-refractivity contribution in [1.82, 2.24) is 43.6 Å². The number of fused-ring (bicyclic) bond motifs is 3. The number of nitrogens with zero attached hydrogens (tertiary/aromatic N) is 9. The van der Waals surface area contributed by atoms with E-state index in [9.17, 15) is 23.2 Å². The first-order valence-electron chi connectivity index (χ1n) is 22.4. The maximum absolute atomic E-state index is 13.4. The number of unbranched alkanes of at least 4 members (excludes halogenated alkanes) is 1. The van der Waals surface area contributed by atoms with Gasteiger partial charge in [0.2, 0.25) is 0 Å². The minimum absolute atomic E-state index is 0.109. The molecule has 2 saturated carbocycles. The van der Waals surface area contributed by atoms with E-state index in [1.54, 1.807) is 75.6 Å². The topological polar surface area (TPSA) is 143 Å². The van der Waals surface area contributed by atoms with Crippen molar-refractivity contribution in [2.24, 2.45) is 5.92 Å². The van der Waals surface area contributed by atoms with Crippen LogP contribution in [0.5, 0.6) is 0 Å². The van der Waals surface area contributed by atoms with Gasteiger partial charge in [0, 0.05) is 59.4 Å². The third-order valence-electron chi connectivity index (χ3n) is 12.0. The Morgan fingerprint density at radius 2 is 1.13 bits per heavy atom. The lowest BCUT2D eigenvalue weighted by molar-refractivity contribution is 0.313. The van der Waals surface area contributed by atoms with Gasteiger partial charge in [-0.1, -0.05) is 37.1 Å². The van der Waals surface area contributed by atoms with Crippen LogP contribution in [0.1, 0.15) is 63.5 Å². The van der Waals surface area contributed by atoms with Gasteiger partial charge in [0.05, 0.1) is 0 Å². The Hall–Kier alpha value is -7.32. The predicted octanol–water partition coefficient (Wildman–Crippen LogP) is 10.6. The molecule has 338 valence electrons. The molecule has 0 bridgehead atoms. The number of pyridine rings is 3. The van der Waals surface area contributed by atoms with Gasteiger partial charge in [-0.15, -0.1) is 0 Å². The summed E-state index contributed by atoms with van der Waals surface area (Å²) in [7, 11) is 0. The van der Waals surface area contributed by atoms with E-state index in [0.717, 1.165) is 56.0 Å². The number of rotatable bonds is 9. The van der Waals surface area contributed by atoms with E-state index >= 15 is 0 Å². The summed E-state index contributed by atoms with van der Waals surface area (Å²) >= 11 is 5.92. The van der Waals surface area contributed by atoms with Crippen LogP contribution in [0.3, 0.4) is 0 Å². The molecule has 11 rings (SSSR count). The van der Waals surface area contributed by atoms with Crippen LogP contribution in [0, 0.1) is 24.5 Å². The van der Waals surface area contributed by atoms with Crippen molar-refractivity contribution in [3.8, 4) is 33.8 Å². The molecule has 2 aliphatic carbocycles. The van der Waals surface area contributed by atoms with Gasteiger partial charge >= 0.3 is 0 Å². The molecule has 0 radical (unpaired) electrons. The average Bonchev–Trinajstić information content (AvgIpc) is 4.15. The third-order valence-corrected chi connectivity index (χ3v) is 12.3. The van der Waals surface area contributed by atoms with Crippen LogP contribution in [0.15, 0.2) is 136 Å². The summed E-state index contributed by atoms with van der Waals surface area (Å²) in [5, 5.41) is 0.637. The van der Waals surface area contributed by atoms with E-state index in [0.29, 0.717) is 85.8 Å². The lowest BCUT2D eigenvalue weighted by atomic mass is 9.92. The average molecular weight is 918 g/mol. The second-order valence-corrected chi connectivity index (χ2v) is 17.3. The van der Waals surface area contributed by atoms with Gasteiger partial charge in [0.25, 0.3) is 16.7 Å². The zero-order chi connectivity index (χ0) is 46.6. The number of halogens is 3. The molecule has 6 heterocycles. The van der Waals surface area contributed by atoms with Gasteiger partial charge in [-0.2, -0.15) is 0 Å². The number of aromatic nitrogens is 9. The predicted molar refractivity (Wildman–Crippen MR) is 258 cm³/mol. The van der Waals surface area contributed by atoms with Gasteiger partial charge in [0.1, 0.15) is 45.3 Å². The molecule has 9 aromatic rings. The summed E-state index contributed by atoms with van der Waals surface area (Å²) in [6.45, 7) is 5.20. The quantitative estimate of drug-likeness (QED) is 0.138. The summed E-state index contributed by atoms with van der Waals surface area (Å²) in [6, 6.07) is 28.7. The number of hydrogen-bond acceptors (Lipinski definition) is 9. The lowest BCUT2D eigenvalue weighted by Crippen LogP contribution is -2.31. The number of benzene rings is 3. The normalized spacial score (nSPS) is 13.4. The minimum Gasteiger partial charge on any atom is -0.290 e. The molecule has 0 atom stereocenters. The highest BCUT2D eigenvalue weighted by molar-refractivity contribution is 6.30. The van der Waals surface area contributed by atoms with Crippen molar-refractivity contribution in [2.45, 2.75) is 77.9 Å². The maximum atomic E-state index is 13.4. The fourth-order valence-electron chi connectivity index (χ4n) is 8.09. The Labute approximate surface area is 388 Å². The van der Waals surface area contributed by atoms with E-state index in [1.807, 2.05) is 42.5 Å². The summed E-state index contributed by atoms with van der Waals surface area (Å²) in [4.78, 5) is 65.1. The Morgan fingerprint density at radius 1 is 0.612 bits per heavy atom. The number of hydrogen-bond donors (Lipinski definition) is 0. The molecule has 6 aromatic heterocycles. The van der Waals surface area contributed by atoms with E-state index < -0.39 is 0 Å². The van der Waals surface area contributed by atoms with Crippen LogP contribution >= 0.6 is 11.6 Å². The molecular formula is C52H46ClF2N9O3. The lowest BCUT2D eigenvalue weighted by Gasteiger charge is -2.28. The van der Waals surface area contributed by atoms with Crippen molar-refractivity contribution in [2.75, 3.05) is 0 Å². The number of aryl methyl sites for hydroxylation is 2. The van der Waals surface area contributed by atoms with Crippen LogP contribution in [-0.4, -0.2) is 43.6 Å². The monoisotopic (exact) mass is 917 g/mol. The highest BCUT2D eigenvalue weighted by Gasteiger charge is 2.26. The summed E-state index contributed by atoms with van der Waals surface area (Å²) in [6.07, 6.45) is 12.4. The molecule has 0 spiro atoms. The molecule has 0 saturated heterocycles. The zero-order valence-corrected chi connectivity index (χ0v) is 37.7. The fraction of sp³-hybridized carbons (Fsp3) is 0.250. The molecule has 0 N–H and O–H groups in total. The summed E-state index contributed by atoms with van der Waals surface area (Å²) in [5.41, 5.74) is 7.50. The maximum Gasteiger partial charge on any atom is 0.278 e. The van der Waals surface area contributed by atoms with Crippen molar-refractivity contribution in [3.05, 3.63) is 175 Å². The first kappa shape index (κ1) is 44.9. The zero-order valence-electron chi connectivity index (χ0n) is 36.9. The first-order chi connectivity index (χ1) is 32.6. The SMILES string of the molecule is CCCCn1c(=O)c(-c2ccc(Cl)cc2)nc2cccnc21.Cc1cc(F)ccc1-c1nc2cccnc2n(CC2CC2)c1=O.O=c1c(-c2ccc(F)cc2)nc2cccnc2n1C1CCC1. The Bertz CT molecular complexity index is 3440. The molecule has 0 unspecified atom stereocenters. The second-order valence-electron chi connectivity index (χ2n) is 16.8. The molecule has 2 aliphatic rings. The highest BCUT2D eigenvalue weighted by Crippen LogP contribution is 2.33. The van der Waals surface area contributed by atoms with E-state index in [-0.39, 0.29) is 34.4 Å². The highest BCUT2D eigenvalue weighted by atomic mass is 35.5. The molecule has 67 heavy (non-hydrogen) atoms. The molecule has 3 aromatic carbocycles. The van der Waals surface area contributed by atoms with Crippen LogP contribution in [0.2, 0.25) is 5.02 Å². The largest absolute Gasteiger partial charge is 0.290 e. The second kappa shape index (κ2) is 19.6. The molecular weight excluding hydrogens is 872 g/mol. The van der Waals surface area contributed by atoms with Gasteiger partial charge in [-0.3, -0.25) is 28.1 Å². The van der Waals surface area contributed by atoms with Crippen molar-refractivity contribution >= 4 is 45.1 Å². The van der Waals surface area contributed by atoms with E-state index in [2.05, 4.69) is 36.8 Å². The minimum atomic E-state index is -0.328. The molecule has 2 fully saturated rings. The van der Waals surface area contributed by atoms with E-state index in [4.69, 9.17) is 11.6 Å². The molecule has 15 heteroatoms. The van der Waals surface area contributed by atoms with Crippen LogP contribution in [0.4, 0.5) is 8.78 Å². The van der Waals surface area contributed by atoms with Gasteiger partial charge in [-0.05, 0) is 148 Å². The molecule has 0 aliphatic heterocycles. The summed E-state index contributed by atoms with van der Waals surface area (Å²) < 4.78 is 31.7.